The van der Waals surface area contributed by atoms with Gasteiger partial charge in [0.1, 0.15) is 11.4 Å². The van der Waals surface area contributed by atoms with Gasteiger partial charge in [-0.05, 0) is 17.8 Å². The molecule has 0 saturated heterocycles. The van der Waals surface area contributed by atoms with Gasteiger partial charge in [0.05, 0.1) is 6.20 Å². The summed E-state index contributed by atoms with van der Waals surface area (Å²) >= 11 is 0. The second-order valence-corrected chi connectivity index (χ2v) is 5.06. The molecule has 0 aromatic carbocycles. The third-order valence-corrected chi connectivity index (χ3v) is 3.12. The highest BCUT2D eigenvalue weighted by atomic mass is 16.1. The number of hydrogen-bond acceptors (Lipinski definition) is 3. The number of nitrogen functional groups attached to an aromatic ring is 1. The number of aromatic nitrogens is 2. The van der Waals surface area contributed by atoms with Crippen molar-refractivity contribution in [2.75, 3.05) is 12.3 Å². The molecule has 0 fully saturated rings. The summed E-state index contributed by atoms with van der Waals surface area (Å²) in [5.41, 5.74) is 6.00. The summed E-state index contributed by atoms with van der Waals surface area (Å²) in [7, 11) is 0. The second kappa shape index (κ2) is 5.70. The Hall–Kier alpha value is -1.52. The Kier molecular flexibility index (Phi) is 4.54. The number of anilines is 1. The largest absolute Gasteiger partial charge is 0.383 e. The Morgan fingerprint density at radius 3 is 2.41 bits per heavy atom. The minimum atomic E-state index is -0.164. The van der Waals surface area contributed by atoms with E-state index in [-0.39, 0.29) is 5.91 Å². The van der Waals surface area contributed by atoms with E-state index < -0.39 is 0 Å². The van der Waals surface area contributed by atoms with Gasteiger partial charge in [0.25, 0.3) is 5.91 Å². The third-order valence-electron chi connectivity index (χ3n) is 3.12. The molecule has 0 atom stereocenters. The molecule has 4 N–H and O–H groups in total. The van der Waals surface area contributed by atoms with Crippen LogP contribution in [0.1, 0.15) is 38.1 Å². The summed E-state index contributed by atoms with van der Waals surface area (Å²) in [6.07, 6.45) is 1.45. The number of H-pyrrole nitrogens is 1. The standard InChI is InChI=1S/C12H22N4O/c1-7(2)9(8(3)4)5-14-12(17)10-6-15-16-11(10)13/h6-9H,5H2,1-4H3,(H,14,17)(H3,13,15,16). The van der Waals surface area contributed by atoms with Gasteiger partial charge in [0, 0.05) is 6.54 Å². The molecule has 0 aliphatic rings. The average Bonchev–Trinajstić information content (AvgIpc) is 2.63. The molecule has 0 radical (unpaired) electrons. The monoisotopic (exact) mass is 238 g/mol. The molecule has 1 aromatic rings. The van der Waals surface area contributed by atoms with Crippen molar-refractivity contribution >= 4 is 11.7 Å². The SMILES string of the molecule is CC(C)C(CNC(=O)c1cn[nH]c1N)C(C)C. The lowest BCUT2D eigenvalue weighted by molar-refractivity contribution is 0.0938. The van der Waals surface area contributed by atoms with Crippen LogP contribution in [0.2, 0.25) is 0 Å². The van der Waals surface area contributed by atoms with Gasteiger partial charge >= 0.3 is 0 Å². The number of carbonyl (C=O) groups excluding carboxylic acids is 1. The van der Waals surface area contributed by atoms with Crippen molar-refractivity contribution in [2.24, 2.45) is 17.8 Å². The normalized spacial score (nSPS) is 11.5. The van der Waals surface area contributed by atoms with Crippen LogP contribution in [0.4, 0.5) is 5.82 Å². The van der Waals surface area contributed by atoms with Crippen molar-refractivity contribution in [3.05, 3.63) is 11.8 Å². The van der Waals surface area contributed by atoms with Crippen LogP contribution in [-0.2, 0) is 0 Å². The highest BCUT2D eigenvalue weighted by molar-refractivity contribution is 5.98. The van der Waals surface area contributed by atoms with E-state index in [1.807, 2.05) is 0 Å². The fourth-order valence-corrected chi connectivity index (χ4v) is 2.02. The zero-order chi connectivity index (χ0) is 13.0. The molecule has 0 unspecified atom stereocenters. The first kappa shape index (κ1) is 13.5. The topological polar surface area (TPSA) is 83.8 Å². The molecule has 1 aromatic heterocycles. The smallest absolute Gasteiger partial charge is 0.256 e. The maximum Gasteiger partial charge on any atom is 0.256 e. The van der Waals surface area contributed by atoms with E-state index >= 15 is 0 Å². The summed E-state index contributed by atoms with van der Waals surface area (Å²) in [6.45, 7) is 9.34. The first-order valence-corrected chi connectivity index (χ1v) is 6.00. The maximum atomic E-state index is 11.8. The first-order valence-electron chi connectivity index (χ1n) is 6.00. The Bertz CT molecular complexity index is 362. The van der Waals surface area contributed by atoms with Crippen LogP contribution in [0.5, 0.6) is 0 Å². The van der Waals surface area contributed by atoms with Crippen molar-refractivity contribution in [1.29, 1.82) is 0 Å². The molecular weight excluding hydrogens is 216 g/mol. The van der Waals surface area contributed by atoms with Gasteiger partial charge in [-0.25, -0.2) is 0 Å². The molecule has 1 heterocycles. The molecule has 0 spiro atoms. The summed E-state index contributed by atoms with van der Waals surface area (Å²) in [5, 5.41) is 9.19. The van der Waals surface area contributed by atoms with Gasteiger partial charge in [-0.3, -0.25) is 9.89 Å². The molecule has 0 aliphatic carbocycles. The molecule has 0 aliphatic heterocycles. The Morgan fingerprint density at radius 2 is 2.00 bits per heavy atom. The van der Waals surface area contributed by atoms with Crippen molar-refractivity contribution in [3.8, 4) is 0 Å². The molecule has 1 rings (SSSR count). The minimum absolute atomic E-state index is 0.164. The van der Waals surface area contributed by atoms with Crippen molar-refractivity contribution in [3.63, 3.8) is 0 Å². The number of rotatable bonds is 5. The van der Waals surface area contributed by atoms with E-state index in [1.165, 1.54) is 6.20 Å². The summed E-state index contributed by atoms with van der Waals surface area (Å²) in [5.74, 6) is 1.69. The maximum absolute atomic E-state index is 11.8. The lowest BCUT2D eigenvalue weighted by Gasteiger charge is -2.24. The van der Waals surface area contributed by atoms with Crippen LogP contribution in [0, 0.1) is 17.8 Å². The van der Waals surface area contributed by atoms with E-state index in [2.05, 4.69) is 43.2 Å². The Morgan fingerprint density at radius 1 is 1.41 bits per heavy atom. The first-order chi connectivity index (χ1) is 7.93. The summed E-state index contributed by atoms with van der Waals surface area (Å²) in [6, 6.07) is 0. The predicted octanol–water partition coefficient (Wildman–Crippen LogP) is 1.65. The van der Waals surface area contributed by atoms with E-state index in [4.69, 9.17) is 5.73 Å². The van der Waals surface area contributed by atoms with Crippen LogP contribution in [0.25, 0.3) is 0 Å². The third kappa shape index (κ3) is 3.47. The van der Waals surface area contributed by atoms with Crippen molar-refractivity contribution in [1.82, 2.24) is 15.5 Å². The lowest BCUT2D eigenvalue weighted by atomic mass is 9.85. The highest BCUT2D eigenvalue weighted by Gasteiger charge is 2.19. The number of nitrogens with two attached hydrogens (primary N) is 1. The van der Waals surface area contributed by atoms with Crippen molar-refractivity contribution < 1.29 is 4.79 Å². The van der Waals surface area contributed by atoms with Crippen LogP contribution < -0.4 is 11.1 Å². The molecule has 1 amide bonds. The van der Waals surface area contributed by atoms with E-state index in [1.54, 1.807) is 0 Å². The quantitative estimate of drug-likeness (QED) is 0.729. The fourth-order valence-electron chi connectivity index (χ4n) is 2.02. The number of amides is 1. The molecule has 5 heteroatoms. The van der Waals surface area contributed by atoms with Gasteiger partial charge in [0.2, 0.25) is 0 Å². The molecule has 5 nitrogen and oxygen atoms in total. The number of carbonyl (C=O) groups is 1. The number of nitrogens with one attached hydrogen (secondary N) is 2. The van der Waals surface area contributed by atoms with Crippen LogP contribution >= 0.6 is 0 Å². The number of aromatic amines is 1. The number of hydrogen-bond donors (Lipinski definition) is 3. The van der Waals surface area contributed by atoms with Gasteiger partial charge in [-0.2, -0.15) is 5.10 Å². The van der Waals surface area contributed by atoms with E-state index in [0.717, 1.165) is 0 Å². The highest BCUT2D eigenvalue weighted by Crippen LogP contribution is 2.19. The van der Waals surface area contributed by atoms with E-state index in [0.29, 0.717) is 35.7 Å². The molecular formula is C12H22N4O. The number of nitrogens with zero attached hydrogens (tertiary/aromatic N) is 1. The van der Waals surface area contributed by atoms with Crippen LogP contribution in [0.3, 0.4) is 0 Å². The second-order valence-electron chi connectivity index (χ2n) is 5.06. The average molecular weight is 238 g/mol. The van der Waals surface area contributed by atoms with Gasteiger partial charge < -0.3 is 11.1 Å². The van der Waals surface area contributed by atoms with Gasteiger partial charge in [-0.1, -0.05) is 27.7 Å². The van der Waals surface area contributed by atoms with Crippen molar-refractivity contribution in [2.45, 2.75) is 27.7 Å². The molecule has 0 bridgehead atoms. The Balaban J connectivity index is 2.56. The lowest BCUT2D eigenvalue weighted by Crippen LogP contribution is -2.34. The minimum Gasteiger partial charge on any atom is -0.383 e. The zero-order valence-corrected chi connectivity index (χ0v) is 10.9. The molecule has 0 saturated carbocycles. The fraction of sp³-hybridized carbons (Fsp3) is 0.667. The zero-order valence-electron chi connectivity index (χ0n) is 10.9. The summed E-state index contributed by atoms with van der Waals surface area (Å²) < 4.78 is 0. The van der Waals surface area contributed by atoms with Gasteiger partial charge in [0.15, 0.2) is 0 Å². The van der Waals surface area contributed by atoms with Crippen LogP contribution in [-0.4, -0.2) is 22.6 Å². The predicted molar refractivity (Wildman–Crippen MR) is 68.5 cm³/mol. The van der Waals surface area contributed by atoms with Crippen LogP contribution in [0.15, 0.2) is 6.20 Å². The molecule has 17 heavy (non-hydrogen) atoms. The van der Waals surface area contributed by atoms with E-state index in [9.17, 15) is 4.79 Å². The van der Waals surface area contributed by atoms with Gasteiger partial charge in [-0.15, -0.1) is 0 Å². The molecule has 96 valence electrons. The summed E-state index contributed by atoms with van der Waals surface area (Å²) in [4.78, 5) is 11.8. The Labute approximate surface area is 102 Å².